The highest BCUT2D eigenvalue weighted by molar-refractivity contribution is 7.14. The smallest absolute Gasteiger partial charge is 0.258 e. The third-order valence-electron chi connectivity index (χ3n) is 4.65. The second kappa shape index (κ2) is 7.51. The van der Waals surface area contributed by atoms with E-state index in [-0.39, 0.29) is 30.3 Å². The van der Waals surface area contributed by atoms with Crippen LogP contribution in [0.1, 0.15) is 24.4 Å². The van der Waals surface area contributed by atoms with Crippen LogP contribution in [0.15, 0.2) is 34.4 Å². The lowest BCUT2D eigenvalue weighted by molar-refractivity contribution is -0.129. The number of thiazole rings is 1. The first kappa shape index (κ1) is 18.3. The molecule has 1 fully saturated rings. The zero-order valence-corrected chi connectivity index (χ0v) is 16.2. The van der Waals surface area contributed by atoms with E-state index in [4.69, 9.17) is 0 Å². The molecule has 8 nitrogen and oxygen atoms in total. The highest BCUT2D eigenvalue weighted by atomic mass is 32.1. The minimum Gasteiger partial charge on any atom is -0.338 e. The third-order valence-corrected chi connectivity index (χ3v) is 5.56. The van der Waals surface area contributed by atoms with Gasteiger partial charge in [-0.05, 0) is 18.6 Å². The number of carbonyl (C=O) groups is 2. The molecule has 1 aliphatic rings. The second-order valence-electron chi connectivity index (χ2n) is 6.73. The molecule has 0 radical (unpaired) electrons. The van der Waals surface area contributed by atoms with Crippen molar-refractivity contribution >= 4 is 39.2 Å². The van der Waals surface area contributed by atoms with Gasteiger partial charge in [0.1, 0.15) is 5.82 Å². The molecule has 1 N–H and O–H groups in total. The molecule has 3 heterocycles. The standard InChI is InChI=1S/C19H19N5O3S/c1-23(10-15-21-14-6-3-2-5-13(14)18(27)22-15)17(26)9-12-11-28-19(20-12)24-8-4-7-16(24)25/h2-3,5-6,11H,4,7-10H2,1H3,(H,21,22,27). The molecule has 0 bridgehead atoms. The van der Waals surface area contributed by atoms with Crippen LogP contribution in [0.4, 0.5) is 5.13 Å². The van der Waals surface area contributed by atoms with Crippen LogP contribution in [0, 0.1) is 0 Å². The molecule has 1 aromatic carbocycles. The van der Waals surface area contributed by atoms with Gasteiger partial charge in [-0.25, -0.2) is 9.97 Å². The zero-order chi connectivity index (χ0) is 19.7. The number of hydrogen-bond acceptors (Lipinski definition) is 6. The van der Waals surface area contributed by atoms with E-state index in [1.807, 2.05) is 11.4 Å². The van der Waals surface area contributed by atoms with Crippen LogP contribution in [0.2, 0.25) is 0 Å². The Hall–Kier alpha value is -3.07. The number of likely N-dealkylation sites (N-methyl/N-ethyl adjacent to an activating group) is 1. The molecule has 1 aliphatic heterocycles. The summed E-state index contributed by atoms with van der Waals surface area (Å²) >= 11 is 1.38. The molecule has 9 heteroatoms. The molecule has 0 saturated carbocycles. The molecule has 0 atom stereocenters. The van der Waals surface area contributed by atoms with Crippen molar-refractivity contribution in [2.24, 2.45) is 0 Å². The number of fused-ring (bicyclic) bond motifs is 1. The number of benzene rings is 1. The fourth-order valence-electron chi connectivity index (χ4n) is 3.16. The summed E-state index contributed by atoms with van der Waals surface area (Å²) < 4.78 is 0. The molecule has 0 aliphatic carbocycles. The summed E-state index contributed by atoms with van der Waals surface area (Å²) in [6.07, 6.45) is 1.52. The molecule has 2 aromatic heterocycles. The third kappa shape index (κ3) is 3.65. The summed E-state index contributed by atoms with van der Waals surface area (Å²) in [5.41, 5.74) is 1.01. The number of rotatable bonds is 5. The summed E-state index contributed by atoms with van der Waals surface area (Å²) in [7, 11) is 1.66. The van der Waals surface area contributed by atoms with Crippen molar-refractivity contribution in [2.75, 3.05) is 18.5 Å². The molecule has 0 unspecified atom stereocenters. The Morgan fingerprint density at radius 2 is 2.11 bits per heavy atom. The van der Waals surface area contributed by atoms with Crippen molar-refractivity contribution in [3.05, 3.63) is 51.5 Å². The lowest BCUT2D eigenvalue weighted by Gasteiger charge is -2.16. The van der Waals surface area contributed by atoms with Crippen LogP contribution in [-0.4, -0.2) is 45.3 Å². The number of aromatic amines is 1. The van der Waals surface area contributed by atoms with Gasteiger partial charge in [0.15, 0.2) is 5.13 Å². The Morgan fingerprint density at radius 1 is 1.29 bits per heavy atom. The predicted molar refractivity (Wildman–Crippen MR) is 106 cm³/mol. The molecule has 144 valence electrons. The van der Waals surface area contributed by atoms with Gasteiger partial charge < -0.3 is 9.88 Å². The maximum Gasteiger partial charge on any atom is 0.258 e. The van der Waals surface area contributed by atoms with E-state index < -0.39 is 0 Å². The van der Waals surface area contributed by atoms with Crippen molar-refractivity contribution in [3.63, 3.8) is 0 Å². The van der Waals surface area contributed by atoms with Crippen molar-refractivity contribution in [3.8, 4) is 0 Å². The highest BCUT2D eigenvalue weighted by Gasteiger charge is 2.24. The van der Waals surface area contributed by atoms with E-state index in [0.717, 1.165) is 6.42 Å². The van der Waals surface area contributed by atoms with Crippen LogP contribution in [0.25, 0.3) is 10.9 Å². The molecule has 3 aromatic rings. The quantitative estimate of drug-likeness (QED) is 0.707. The first-order valence-electron chi connectivity index (χ1n) is 8.98. The minimum atomic E-state index is -0.221. The van der Waals surface area contributed by atoms with Gasteiger partial charge in [0, 0.05) is 25.4 Å². The van der Waals surface area contributed by atoms with Crippen molar-refractivity contribution in [1.82, 2.24) is 19.9 Å². The lowest BCUT2D eigenvalue weighted by atomic mass is 10.2. The number of hydrogen-bond donors (Lipinski definition) is 1. The van der Waals surface area contributed by atoms with Crippen molar-refractivity contribution in [1.29, 1.82) is 0 Å². The first-order chi connectivity index (χ1) is 13.5. The monoisotopic (exact) mass is 397 g/mol. The number of H-pyrrole nitrogens is 1. The molecule has 4 rings (SSSR count). The molecular formula is C19H19N5O3S. The van der Waals surface area contributed by atoms with Gasteiger partial charge in [-0.2, -0.15) is 0 Å². The Kier molecular flexibility index (Phi) is 4.91. The molecule has 2 amide bonds. The number of amides is 2. The number of para-hydroxylation sites is 1. The predicted octanol–water partition coefficient (Wildman–Crippen LogP) is 1.71. The molecule has 0 spiro atoms. The average Bonchev–Trinajstić information content (AvgIpc) is 3.30. The largest absolute Gasteiger partial charge is 0.338 e. The number of anilines is 1. The van der Waals surface area contributed by atoms with Crippen molar-refractivity contribution in [2.45, 2.75) is 25.8 Å². The molecule has 28 heavy (non-hydrogen) atoms. The van der Waals surface area contributed by atoms with E-state index in [2.05, 4.69) is 15.0 Å². The number of carbonyl (C=O) groups excluding carboxylic acids is 2. The van der Waals surface area contributed by atoms with Crippen LogP contribution < -0.4 is 10.5 Å². The highest BCUT2D eigenvalue weighted by Crippen LogP contribution is 2.25. The number of aromatic nitrogens is 3. The van der Waals surface area contributed by atoms with Gasteiger partial charge in [0.2, 0.25) is 11.8 Å². The van der Waals surface area contributed by atoms with Gasteiger partial charge >= 0.3 is 0 Å². The molecular weight excluding hydrogens is 378 g/mol. The Labute approximate surface area is 164 Å². The zero-order valence-electron chi connectivity index (χ0n) is 15.3. The number of nitrogens with one attached hydrogen (secondary N) is 1. The van der Waals surface area contributed by atoms with Crippen LogP contribution in [0.3, 0.4) is 0 Å². The first-order valence-corrected chi connectivity index (χ1v) is 9.86. The van der Waals surface area contributed by atoms with Crippen LogP contribution in [0.5, 0.6) is 0 Å². The second-order valence-corrected chi connectivity index (χ2v) is 7.56. The topological polar surface area (TPSA) is 99.3 Å². The van der Waals surface area contributed by atoms with E-state index >= 15 is 0 Å². The average molecular weight is 397 g/mol. The van der Waals surface area contributed by atoms with E-state index in [1.165, 1.54) is 16.2 Å². The Bertz CT molecular complexity index is 1110. The SMILES string of the molecule is CN(Cc1nc2ccccc2c(=O)[nH]1)C(=O)Cc1csc(N2CCCC2=O)n1. The van der Waals surface area contributed by atoms with Gasteiger partial charge in [-0.1, -0.05) is 12.1 Å². The fourth-order valence-corrected chi connectivity index (χ4v) is 4.03. The number of nitrogens with zero attached hydrogens (tertiary/aromatic N) is 4. The fraction of sp³-hybridized carbons (Fsp3) is 0.316. The van der Waals surface area contributed by atoms with Gasteiger partial charge in [0.25, 0.3) is 5.56 Å². The normalized spacial score (nSPS) is 14.0. The lowest BCUT2D eigenvalue weighted by Crippen LogP contribution is -2.29. The summed E-state index contributed by atoms with van der Waals surface area (Å²) in [6.45, 7) is 0.876. The Morgan fingerprint density at radius 3 is 2.89 bits per heavy atom. The van der Waals surface area contributed by atoms with E-state index in [0.29, 0.717) is 40.5 Å². The van der Waals surface area contributed by atoms with Gasteiger partial charge in [-0.3, -0.25) is 19.3 Å². The summed E-state index contributed by atoms with van der Waals surface area (Å²) in [5, 5.41) is 2.98. The Balaban J connectivity index is 1.43. The minimum absolute atomic E-state index is 0.0793. The van der Waals surface area contributed by atoms with E-state index in [9.17, 15) is 14.4 Å². The van der Waals surface area contributed by atoms with E-state index in [1.54, 1.807) is 30.1 Å². The van der Waals surface area contributed by atoms with Crippen LogP contribution >= 0.6 is 11.3 Å². The summed E-state index contributed by atoms with van der Waals surface area (Å²) in [4.78, 5) is 51.3. The maximum absolute atomic E-state index is 12.6. The summed E-state index contributed by atoms with van der Waals surface area (Å²) in [5.74, 6) is 0.372. The molecule has 1 saturated heterocycles. The van der Waals surface area contributed by atoms with Crippen LogP contribution in [-0.2, 0) is 22.6 Å². The van der Waals surface area contributed by atoms with Gasteiger partial charge in [0.05, 0.1) is 29.6 Å². The van der Waals surface area contributed by atoms with Gasteiger partial charge in [-0.15, -0.1) is 11.3 Å². The summed E-state index contributed by atoms with van der Waals surface area (Å²) in [6, 6.07) is 7.09. The maximum atomic E-state index is 12.6. The van der Waals surface area contributed by atoms with Crippen molar-refractivity contribution < 1.29 is 9.59 Å².